The van der Waals surface area contributed by atoms with E-state index >= 15 is 0 Å². The second-order valence-electron chi connectivity index (χ2n) is 7.56. The van der Waals surface area contributed by atoms with Crippen molar-refractivity contribution in [3.8, 4) is 0 Å². The van der Waals surface area contributed by atoms with Gasteiger partial charge in [0.1, 0.15) is 6.54 Å². The molecule has 1 heterocycles. The van der Waals surface area contributed by atoms with E-state index in [0.717, 1.165) is 16.9 Å². The van der Waals surface area contributed by atoms with Crippen LogP contribution in [-0.2, 0) is 32.2 Å². The fraction of sp³-hybridized carbons (Fsp3) is 0.435. The zero-order valence-corrected chi connectivity index (χ0v) is 19.1. The Morgan fingerprint density at radius 1 is 1.00 bits per heavy atom. The molecular weight excluding hydrogens is 398 g/mol. The van der Waals surface area contributed by atoms with Crippen molar-refractivity contribution in [3.63, 3.8) is 0 Å². The van der Waals surface area contributed by atoms with Gasteiger partial charge in [0.2, 0.25) is 0 Å². The first kappa shape index (κ1) is 24.0. The van der Waals surface area contributed by atoms with Crippen LogP contribution in [0, 0.1) is 13.8 Å². The average Bonchev–Trinajstić information content (AvgIpc) is 3.00. The third-order valence-corrected chi connectivity index (χ3v) is 5.01. The minimum Gasteiger partial charge on any atom is -0.462 e. The van der Waals surface area contributed by atoms with Gasteiger partial charge in [-0.15, -0.1) is 0 Å². The average molecular weight is 430 g/mol. The summed E-state index contributed by atoms with van der Waals surface area (Å²) in [6, 6.07) is 9.58. The topological polar surface area (TPSA) is 81.1 Å². The van der Waals surface area contributed by atoms with E-state index in [1.165, 1.54) is 4.90 Å². The lowest BCUT2D eigenvalue weighted by Gasteiger charge is -2.18. The number of hydrogen-bond donors (Lipinski definition) is 0. The molecule has 8 nitrogen and oxygen atoms in total. The van der Waals surface area contributed by atoms with Crippen molar-refractivity contribution in [1.82, 2.24) is 9.47 Å². The largest absolute Gasteiger partial charge is 0.462 e. The Morgan fingerprint density at radius 3 is 2.23 bits per heavy atom. The van der Waals surface area contributed by atoms with E-state index in [9.17, 15) is 14.4 Å². The third-order valence-electron chi connectivity index (χ3n) is 5.01. The third kappa shape index (κ3) is 6.34. The van der Waals surface area contributed by atoms with E-state index in [2.05, 4.69) is 0 Å². The summed E-state index contributed by atoms with van der Waals surface area (Å²) in [5.74, 6) is -1.27. The molecule has 0 bridgehead atoms. The molecule has 0 N–H and O–H groups in total. The van der Waals surface area contributed by atoms with Gasteiger partial charge < -0.3 is 23.8 Å². The molecule has 0 fully saturated rings. The molecule has 0 aliphatic rings. The zero-order chi connectivity index (χ0) is 23.1. The molecule has 168 valence electrons. The van der Waals surface area contributed by atoms with E-state index in [4.69, 9.17) is 9.47 Å². The number of carbonyl (C=O) groups excluding carboxylic acids is 3. The van der Waals surface area contributed by atoms with Crippen LogP contribution in [0.15, 0.2) is 30.3 Å². The number of aryl methyl sites for hydroxylation is 1. The number of nitrogens with zero attached hydrogens (tertiary/aromatic N) is 3. The van der Waals surface area contributed by atoms with Crippen LogP contribution < -0.4 is 4.90 Å². The van der Waals surface area contributed by atoms with Crippen LogP contribution in [0.1, 0.15) is 34.2 Å². The van der Waals surface area contributed by atoms with Crippen LogP contribution in [0.3, 0.4) is 0 Å². The Balaban J connectivity index is 1.89. The molecule has 0 spiro atoms. The van der Waals surface area contributed by atoms with Crippen LogP contribution in [0.5, 0.6) is 0 Å². The summed E-state index contributed by atoms with van der Waals surface area (Å²) in [5, 5.41) is 0. The van der Waals surface area contributed by atoms with E-state index in [1.807, 2.05) is 43.3 Å². The van der Waals surface area contributed by atoms with E-state index < -0.39 is 11.9 Å². The van der Waals surface area contributed by atoms with Crippen LogP contribution in [0.25, 0.3) is 0 Å². The van der Waals surface area contributed by atoms with Gasteiger partial charge in [0.15, 0.2) is 6.61 Å². The lowest BCUT2D eigenvalue weighted by molar-refractivity contribution is -0.152. The number of likely N-dealkylation sites (N-methyl/N-ethyl adjacent to an activating group) is 1. The lowest BCUT2D eigenvalue weighted by Crippen LogP contribution is -2.31. The van der Waals surface area contributed by atoms with Gasteiger partial charge in [-0.25, -0.2) is 4.79 Å². The maximum absolute atomic E-state index is 12.4. The van der Waals surface area contributed by atoms with Gasteiger partial charge in [0.05, 0.1) is 12.2 Å². The second-order valence-corrected chi connectivity index (χ2v) is 7.56. The Bertz CT molecular complexity index is 931. The SMILES string of the molecule is CCOC(=O)c1cc(C)n(CC(=O)OCC(=O)N(C)Cc2ccc(N(C)C)cc2)c1C. The van der Waals surface area contributed by atoms with Gasteiger partial charge in [0, 0.05) is 44.8 Å². The van der Waals surface area contributed by atoms with Crippen LogP contribution in [0.2, 0.25) is 0 Å². The summed E-state index contributed by atoms with van der Waals surface area (Å²) in [4.78, 5) is 40.1. The van der Waals surface area contributed by atoms with Gasteiger partial charge in [-0.3, -0.25) is 9.59 Å². The Kier molecular flexibility index (Phi) is 8.24. The first-order valence-electron chi connectivity index (χ1n) is 10.1. The summed E-state index contributed by atoms with van der Waals surface area (Å²) < 4.78 is 11.9. The van der Waals surface area contributed by atoms with Gasteiger partial charge in [-0.2, -0.15) is 0 Å². The number of carbonyl (C=O) groups is 3. The van der Waals surface area contributed by atoms with E-state index in [1.54, 1.807) is 38.5 Å². The molecule has 1 aromatic heterocycles. The predicted molar refractivity (Wildman–Crippen MR) is 118 cm³/mol. The van der Waals surface area contributed by atoms with Gasteiger partial charge in [-0.1, -0.05) is 12.1 Å². The highest BCUT2D eigenvalue weighted by Crippen LogP contribution is 2.17. The number of rotatable bonds is 9. The smallest absolute Gasteiger partial charge is 0.339 e. The highest BCUT2D eigenvalue weighted by atomic mass is 16.5. The van der Waals surface area contributed by atoms with Crippen molar-refractivity contribution in [2.45, 2.75) is 33.9 Å². The summed E-state index contributed by atoms with van der Waals surface area (Å²) in [6.07, 6.45) is 0. The molecule has 0 saturated heterocycles. The number of hydrogen-bond acceptors (Lipinski definition) is 6. The van der Waals surface area contributed by atoms with Gasteiger partial charge in [0.25, 0.3) is 5.91 Å². The molecule has 0 saturated carbocycles. The summed E-state index contributed by atoms with van der Waals surface area (Å²) in [7, 11) is 5.60. The summed E-state index contributed by atoms with van der Waals surface area (Å²) >= 11 is 0. The molecular formula is C23H31N3O5. The summed E-state index contributed by atoms with van der Waals surface area (Å²) in [5.41, 5.74) is 3.84. The number of amides is 1. The molecule has 2 aromatic rings. The highest BCUT2D eigenvalue weighted by Gasteiger charge is 2.19. The monoisotopic (exact) mass is 429 g/mol. The molecule has 31 heavy (non-hydrogen) atoms. The first-order chi connectivity index (χ1) is 14.6. The molecule has 0 unspecified atom stereocenters. The number of benzene rings is 1. The molecule has 8 heteroatoms. The first-order valence-corrected chi connectivity index (χ1v) is 10.1. The van der Waals surface area contributed by atoms with E-state index in [-0.39, 0.29) is 25.7 Å². The molecule has 1 aromatic carbocycles. The predicted octanol–water partition coefficient (Wildman–Crippen LogP) is 2.55. The lowest BCUT2D eigenvalue weighted by atomic mass is 10.2. The molecule has 2 rings (SSSR count). The highest BCUT2D eigenvalue weighted by molar-refractivity contribution is 5.91. The fourth-order valence-corrected chi connectivity index (χ4v) is 3.15. The normalized spacial score (nSPS) is 10.5. The molecule has 0 aliphatic heterocycles. The van der Waals surface area contributed by atoms with E-state index in [0.29, 0.717) is 17.8 Å². The second kappa shape index (κ2) is 10.7. The standard InChI is InChI=1S/C23H31N3O5/c1-7-30-23(29)20-12-16(2)26(17(20)3)14-22(28)31-15-21(27)25(6)13-18-8-10-19(11-9-18)24(4)5/h8-12H,7,13-15H2,1-6H3. The van der Waals surface area contributed by atoms with Crippen molar-refractivity contribution in [2.24, 2.45) is 0 Å². The minimum absolute atomic E-state index is 0.0833. The number of anilines is 1. The molecule has 1 amide bonds. The van der Waals surface area contributed by atoms with Gasteiger partial charge in [-0.05, 0) is 44.5 Å². The molecule has 0 aliphatic carbocycles. The van der Waals surface area contributed by atoms with Crippen molar-refractivity contribution < 1.29 is 23.9 Å². The Labute approximate surface area is 183 Å². The van der Waals surface area contributed by atoms with Crippen molar-refractivity contribution in [3.05, 3.63) is 52.8 Å². The van der Waals surface area contributed by atoms with Crippen molar-refractivity contribution in [1.29, 1.82) is 0 Å². The maximum atomic E-state index is 12.4. The maximum Gasteiger partial charge on any atom is 0.339 e. The number of aromatic nitrogens is 1. The zero-order valence-electron chi connectivity index (χ0n) is 19.1. The Morgan fingerprint density at radius 2 is 1.65 bits per heavy atom. The Hall–Kier alpha value is -3.29. The summed E-state index contributed by atoms with van der Waals surface area (Å²) in [6.45, 7) is 5.55. The molecule has 0 atom stereocenters. The van der Waals surface area contributed by atoms with Gasteiger partial charge >= 0.3 is 11.9 Å². The number of ether oxygens (including phenoxy) is 2. The van der Waals surface area contributed by atoms with Crippen molar-refractivity contribution in [2.75, 3.05) is 39.3 Å². The number of esters is 2. The van der Waals surface area contributed by atoms with Crippen LogP contribution in [0.4, 0.5) is 5.69 Å². The fourth-order valence-electron chi connectivity index (χ4n) is 3.15. The quantitative estimate of drug-likeness (QED) is 0.570. The molecule has 0 radical (unpaired) electrons. The van der Waals surface area contributed by atoms with Crippen molar-refractivity contribution >= 4 is 23.5 Å². The van der Waals surface area contributed by atoms with Crippen LogP contribution >= 0.6 is 0 Å². The minimum atomic E-state index is -0.547. The van der Waals surface area contributed by atoms with Crippen LogP contribution in [-0.4, -0.2) is 61.7 Å².